The Morgan fingerprint density at radius 1 is 1.28 bits per heavy atom. The summed E-state index contributed by atoms with van der Waals surface area (Å²) in [6.07, 6.45) is 2.59. The zero-order chi connectivity index (χ0) is 13.1. The lowest BCUT2D eigenvalue weighted by atomic mass is 10.0. The number of amides is 1. The van der Waals surface area contributed by atoms with Crippen molar-refractivity contribution in [3.05, 3.63) is 23.8 Å². The lowest BCUT2D eigenvalue weighted by Crippen LogP contribution is -2.45. The summed E-state index contributed by atoms with van der Waals surface area (Å²) >= 11 is 0. The number of aromatic hydroxyl groups is 2. The second kappa shape index (κ2) is 5.27. The Hall–Kier alpha value is -1.75. The number of phenolic OH excluding ortho intramolecular Hbond substituents is 2. The number of aliphatic hydroxyl groups excluding tert-OH is 1. The maximum atomic E-state index is 12.3. The second-order valence-corrected chi connectivity index (χ2v) is 4.50. The topological polar surface area (TPSA) is 81.0 Å². The number of rotatable bonds is 2. The highest BCUT2D eigenvalue weighted by atomic mass is 16.3. The minimum absolute atomic E-state index is 0.0853. The monoisotopic (exact) mass is 251 g/mol. The van der Waals surface area contributed by atoms with Gasteiger partial charge >= 0.3 is 0 Å². The van der Waals surface area contributed by atoms with E-state index in [9.17, 15) is 20.1 Å². The molecule has 5 nitrogen and oxygen atoms in total. The molecule has 1 aliphatic heterocycles. The van der Waals surface area contributed by atoms with Crippen molar-refractivity contribution < 1.29 is 20.1 Å². The number of benzene rings is 1. The van der Waals surface area contributed by atoms with E-state index in [4.69, 9.17) is 0 Å². The Morgan fingerprint density at radius 3 is 2.56 bits per heavy atom. The van der Waals surface area contributed by atoms with E-state index in [1.165, 1.54) is 23.1 Å². The van der Waals surface area contributed by atoms with Crippen molar-refractivity contribution in [2.75, 3.05) is 13.2 Å². The first kappa shape index (κ1) is 12.7. The van der Waals surface area contributed by atoms with E-state index in [0.29, 0.717) is 6.54 Å². The molecule has 1 atom stereocenters. The van der Waals surface area contributed by atoms with Gasteiger partial charge in [-0.1, -0.05) is 6.07 Å². The average Bonchev–Trinajstić information content (AvgIpc) is 2.38. The number of carbonyl (C=O) groups excluding carboxylic acids is 1. The lowest BCUT2D eigenvalue weighted by molar-refractivity contribution is 0.0497. The Labute approximate surface area is 105 Å². The first-order valence-corrected chi connectivity index (χ1v) is 6.08. The normalized spacial score (nSPS) is 19.8. The SMILES string of the molecule is O=C(c1c(O)cccc1O)N1CCCCC1CO. The molecule has 0 aliphatic carbocycles. The predicted octanol–water partition coefficient (Wildman–Crippen LogP) is 1.08. The molecule has 1 aromatic carbocycles. The van der Waals surface area contributed by atoms with Gasteiger partial charge in [-0.05, 0) is 31.4 Å². The first-order valence-electron chi connectivity index (χ1n) is 6.08. The highest BCUT2D eigenvalue weighted by Crippen LogP contribution is 2.30. The fourth-order valence-corrected chi connectivity index (χ4v) is 2.35. The number of hydrogen-bond acceptors (Lipinski definition) is 4. The third-order valence-electron chi connectivity index (χ3n) is 3.33. The van der Waals surface area contributed by atoms with Crippen LogP contribution in [0.25, 0.3) is 0 Å². The summed E-state index contributed by atoms with van der Waals surface area (Å²) in [5.74, 6) is -0.895. The molecule has 1 aliphatic rings. The molecule has 18 heavy (non-hydrogen) atoms. The van der Waals surface area contributed by atoms with E-state index in [-0.39, 0.29) is 29.7 Å². The quantitative estimate of drug-likeness (QED) is 0.734. The summed E-state index contributed by atoms with van der Waals surface area (Å²) in [5.41, 5.74) is -0.0853. The second-order valence-electron chi connectivity index (χ2n) is 4.50. The molecule has 0 aromatic heterocycles. The average molecular weight is 251 g/mol. The maximum Gasteiger partial charge on any atom is 0.261 e. The highest BCUT2D eigenvalue weighted by Gasteiger charge is 2.29. The van der Waals surface area contributed by atoms with Gasteiger partial charge in [0.1, 0.15) is 17.1 Å². The van der Waals surface area contributed by atoms with Crippen LogP contribution in [0.4, 0.5) is 0 Å². The smallest absolute Gasteiger partial charge is 0.261 e. The lowest BCUT2D eigenvalue weighted by Gasteiger charge is -2.34. The molecule has 0 bridgehead atoms. The minimum Gasteiger partial charge on any atom is -0.507 e. The molecule has 1 unspecified atom stereocenters. The number of likely N-dealkylation sites (tertiary alicyclic amines) is 1. The summed E-state index contributed by atoms with van der Waals surface area (Å²) in [5, 5.41) is 28.6. The summed E-state index contributed by atoms with van der Waals surface area (Å²) in [4.78, 5) is 13.8. The zero-order valence-corrected chi connectivity index (χ0v) is 10.0. The molecule has 0 radical (unpaired) electrons. The van der Waals surface area contributed by atoms with Gasteiger partial charge in [0, 0.05) is 6.54 Å². The van der Waals surface area contributed by atoms with Gasteiger partial charge in [-0.3, -0.25) is 4.79 Å². The molecule has 1 amide bonds. The number of carbonyl (C=O) groups is 1. The first-order chi connectivity index (χ1) is 8.65. The van der Waals surface area contributed by atoms with E-state index in [1.54, 1.807) is 0 Å². The van der Waals surface area contributed by atoms with E-state index < -0.39 is 5.91 Å². The molecule has 5 heteroatoms. The minimum atomic E-state index is -0.427. The van der Waals surface area contributed by atoms with Crippen molar-refractivity contribution in [1.82, 2.24) is 4.90 Å². The van der Waals surface area contributed by atoms with Crippen LogP contribution in [-0.2, 0) is 0 Å². The van der Waals surface area contributed by atoms with Crippen molar-refractivity contribution in [2.24, 2.45) is 0 Å². The van der Waals surface area contributed by atoms with Crippen molar-refractivity contribution in [3.63, 3.8) is 0 Å². The van der Waals surface area contributed by atoms with Crippen LogP contribution in [0.1, 0.15) is 29.6 Å². The summed E-state index contributed by atoms with van der Waals surface area (Å²) in [6.45, 7) is 0.442. The molecule has 3 N–H and O–H groups in total. The van der Waals surface area contributed by atoms with Crippen LogP contribution < -0.4 is 0 Å². The Kier molecular flexibility index (Phi) is 3.72. The van der Waals surface area contributed by atoms with Crippen LogP contribution in [0.2, 0.25) is 0 Å². The highest BCUT2D eigenvalue weighted by molar-refractivity contribution is 5.99. The fourth-order valence-electron chi connectivity index (χ4n) is 2.35. The summed E-state index contributed by atoms with van der Waals surface area (Å²) < 4.78 is 0. The molecule has 1 aromatic rings. The van der Waals surface area contributed by atoms with Gasteiger partial charge in [-0.2, -0.15) is 0 Å². The largest absolute Gasteiger partial charge is 0.507 e. The number of piperidine rings is 1. The van der Waals surface area contributed by atoms with Crippen molar-refractivity contribution in [2.45, 2.75) is 25.3 Å². The number of aliphatic hydroxyl groups is 1. The van der Waals surface area contributed by atoms with Crippen molar-refractivity contribution in [3.8, 4) is 11.5 Å². The van der Waals surface area contributed by atoms with Gasteiger partial charge in [-0.25, -0.2) is 0 Å². The van der Waals surface area contributed by atoms with Crippen molar-refractivity contribution in [1.29, 1.82) is 0 Å². The molecule has 98 valence electrons. The van der Waals surface area contributed by atoms with Crippen LogP contribution in [0.15, 0.2) is 18.2 Å². The third-order valence-corrected chi connectivity index (χ3v) is 3.33. The van der Waals surface area contributed by atoms with Gasteiger partial charge in [0.05, 0.1) is 12.6 Å². The third kappa shape index (κ3) is 2.26. The van der Waals surface area contributed by atoms with Gasteiger partial charge in [0.2, 0.25) is 0 Å². The number of hydrogen-bond donors (Lipinski definition) is 3. The van der Waals surface area contributed by atoms with Crippen LogP contribution in [0.3, 0.4) is 0 Å². The maximum absolute atomic E-state index is 12.3. The molecule has 1 heterocycles. The zero-order valence-electron chi connectivity index (χ0n) is 10.0. The van der Waals surface area contributed by atoms with Gasteiger partial charge in [-0.15, -0.1) is 0 Å². The van der Waals surface area contributed by atoms with Crippen molar-refractivity contribution >= 4 is 5.91 Å². The Balaban J connectivity index is 2.30. The molecular formula is C13H17NO4. The Morgan fingerprint density at radius 2 is 1.94 bits per heavy atom. The van der Waals surface area contributed by atoms with Crippen LogP contribution in [-0.4, -0.2) is 45.3 Å². The molecule has 1 fully saturated rings. The van der Waals surface area contributed by atoms with Gasteiger partial charge < -0.3 is 20.2 Å². The molecule has 2 rings (SSSR count). The molecular weight excluding hydrogens is 234 g/mol. The number of nitrogens with zero attached hydrogens (tertiary/aromatic N) is 1. The molecule has 0 spiro atoms. The molecule has 1 saturated heterocycles. The number of phenols is 2. The fraction of sp³-hybridized carbons (Fsp3) is 0.462. The van der Waals surface area contributed by atoms with Crippen LogP contribution in [0, 0.1) is 0 Å². The van der Waals surface area contributed by atoms with E-state index in [2.05, 4.69) is 0 Å². The van der Waals surface area contributed by atoms with Crippen LogP contribution in [0.5, 0.6) is 11.5 Å². The summed E-state index contributed by atoms with van der Waals surface area (Å²) in [6, 6.07) is 3.97. The van der Waals surface area contributed by atoms with Gasteiger partial charge in [0.15, 0.2) is 0 Å². The predicted molar refractivity (Wildman–Crippen MR) is 65.5 cm³/mol. The molecule has 0 saturated carbocycles. The van der Waals surface area contributed by atoms with Crippen LogP contribution >= 0.6 is 0 Å². The van der Waals surface area contributed by atoms with E-state index in [1.807, 2.05) is 0 Å². The standard InChI is InChI=1S/C13H17NO4/c15-8-9-4-1-2-7-14(9)13(18)12-10(16)5-3-6-11(12)17/h3,5-6,9,15-17H,1-2,4,7-8H2. The summed E-state index contributed by atoms with van der Waals surface area (Å²) in [7, 11) is 0. The van der Waals surface area contributed by atoms with E-state index in [0.717, 1.165) is 19.3 Å². The van der Waals surface area contributed by atoms with Gasteiger partial charge in [0.25, 0.3) is 5.91 Å². The van der Waals surface area contributed by atoms with E-state index >= 15 is 0 Å². The Bertz CT molecular complexity index is 426.